The molecule has 0 saturated heterocycles. The van der Waals surface area contributed by atoms with Crippen molar-refractivity contribution < 1.29 is 19.4 Å². The first-order valence-electron chi connectivity index (χ1n) is 5.82. The van der Waals surface area contributed by atoms with Gasteiger partial charge in [-0.25, -0.2) is 4.39 Å². The average Bonchev–Trinajstić information content (AvgIpc) is 2.39. The van der Waals surface area contributed by atoms with Crippen LogP contribution >= 0.6 is 12.4 Å². The van der Waals surface area contributed by atoms with E-state index < -0.39 is 6.17 Å². The van der Waals surface area contributed by atoms with Crippen molar-refractivity contribution in [1.29, 1.82) is 0 Å². The predicted molar refractivity (Wildman–Crippen MR) is 76.2 cm³/mol. The highest BCUT2D eigenvalue weighted by molar-refractivity contribution is 5.85. The summed E-state index contributed by atoms with van der Waals surface area (Å²) in [5.41, 5.74) is 1.15. The molecule has 0 saturated carbocycles. The molecule has 6 nitrogen and oxygen atoms in total. The molecule has 0 amide bonds. The molecule has 1 aromatic heterocycles. The molecule has 1 unspecified atom stereocenters. The lowest BCUT2D eigenvalue weighted by molar-refractivity contribution is 0.0881. The van der Waals surface area contributed by atoms with Crippen molar-refractivity contribution in [2.75, 3.05) is 20.2 Å². The number of aliphatic hydroxyl groups excluding tert-OH is 1. The van der Waals surface area contributed by atoms with E-state index >= 15 is 0 Å². The number of hydrogen-bond acceptors (Lipinski definition) is 6. The molecule has 114 valence electrons. The third-order valence-corrected chi connectivity index (χ3v) is 2.47. The van der Waals surface area contributed by atoms with Gasteiger partial charge in [-0.15, -0.1) is 12.4 Å². The lowest BCUT2D eigenvalue weighted by atomic mass is 10.1. The molecule has 20 heavy (non-hydrogen) atoms. The van der Waals surface area contributed by atoms with Gasteiger partial charge in [0.05, 0.1) is 18.5 Å². The molecule has 0 spiro atoms. The molecule has 8 heteroatoms. The van der Waals surface area contributed by atoms with E-state index in [1.54, 1.807) is 14.0 Å². The predicted octanol–water partition coefficient (Wildman–Crippen LogP) is 0.918. The molecule has 0 bridgehead atoms. The third kappa shape index (κ3) is 5.28. The second kappa shape index (κ2) is 9.46. The fraction of sp³-hybridized carbons (Fsp3) is 0.500. The molecule has 0 aliphatic carbocycles. The Labute approximate surface area is 123 Å². The van der Waals surface area contributed by atoms with Crippen LogP contribution in [0.5, 0.6) is 5.75 Å². The number of alkyl halides is 1. The molecule has 1 heterocycles. The zero-order valence-electron chi connectivity index (χ0n) is 11.3. The van der Waals surface area contributed by atoms with Gasteiger partial charge in [-0.2, -0.15) is 0 Å². The molecule has 3 N–H and O–H groups in total. The zero-order chi connectivity index (χ0) is 14.3. The van der Waals surface area contributed by atoms with E-state index in [0.29, 0.717) is 16.8 Å². The van der Waals surface area contributed by atoms with Gasteiger partial charge in [0.15, 0.2) is 0 Å². The molecule has 0 fully saturated rings. The Kier molecular flexibility index (Phi) is 8.78. The molecule has 0 radical (unpaired) electrons. The van der Waals surface area contributed by atoms with E-state index in [2.05, 4.69) is 15.5 Å². The summed E-state index contributed by atoms with van der Waals surface area (Å²) in [6.07, 6.45) is 1.52. The van der Waals surface area contributed by atoms with Crippen molar-refractivity contribution in [3.05, 3.63) is 23.0 Å². The van der Waals surface area contributed by atoms with Crippen LogP contribution in [-0.2, 0) is 11.4 Å². The third-order valence-electron chi connectivity index (χ3n) is 2.47. The Morgan fingerprint density at radius 2 is 2.30 bits per heavy atom. The lowest BCUT2D eigenvalue weighted by Gasteiger charge is -2.07. The summed E-state index contributed by atoms with van der Waals surface area (Å²) in [5.74, 6) is -0.0778. The van der Waals surface area contributed by atoms with E-state index in [1.165, 1.54) is 12.4 Å². The van der Waals surface area contributed by atoms with Gasteiger partial charge in [0.2, 0.25) is 0 Å². The van der Waals surface area contributed by atoms with Crippen LogP contribution in [0.4, 0.5) is 4.39 Å². The Morgan fingerprint density at radius 3 is 2.90 bits per heavy atom. The maximum atomic E-state index is 13.1. The van der Waals surface area contributed by atoms with Gasteiger partial charge in [-0.3, -0.25) is 4.98 Å². The fourth-order valence-corrected chi connectivity index (χ4v) is 1.42. The molecular formula is C12H19ClFN3O3. The van der Waals surface area contributed by atoms with Crippen molar-refractivity contribution in [2.24, 2.45) is 5.16 Å². The van der Waals surface area contributed by atoms with Crippen molar-refractivity contribution in [2.45, 2.75) is 19.7 Å². The van der Waals surface area contributed by atoms with Gasteiger partial charge in [-0.05, 0) is 14.0 Å². The van der Waals surface area contributed by atoms with Crippen LogP contribution in [-0.4, -0.2) is 47.8 Å². The van der Waals surface area contributed by atoms with E-state index in [4.69, 9.17) is 9.94 Å². The van der Waals surface area contributed by atoms with Gasteiger partial charge in [0, 0.05) is 23.9 Å². The molecule has 1 aromatic rings. The molecule has 0 aliphatic rings. The largest absolute Gasteiger partial charge is 0.505 e. The quantitative estimate of drug-likeness (QED) is 0.515. The summed E-state index contributed by atoms with van der Waals surface area (Å²) in [4.78, 5) is 8.70. The number of oxime groups is 1. The van der Waals surface area contributed by atoms with E-state index in [1.807, 2.05) is 0 Å². The van der Waals surface area contributed by atoms with Crippen LogP contribution in [0.2, 0.25) is 0 Å². The van der Waals surface area contributed by atoms with Gasteiger partial charge >= 0.3 is 0 Å². The highest BCUT2D eigenvalue weighted by atomic mass is 35.5. The monoisotopic (exact) mass is 307 g/mol. The van der Waals surface area contributed by atoms with Crippen LogP contribution in [0.1, 0.15) is 16.8 Å². The standard InChI is InChI=1S/C12H18FN3O3.ClH/c1-8-12(18)11(9(6-17)3-15-8)5-16-19-7-10(13)4-14-2;/h3,5,10,14,17-18H,4,6-7H2,1-2H3;1H. The Hall–Kier alpha value is -1.44. The van der Waals surface area contributed by atoms with Gasteiger partial charge < -0.3 is 20.4 Å². The second-order valence-electron chi connectivity index (χ2n) is 3.97. The topological polar surface area (TPSA) is 87.0 Å². The first-order valence-corrected chi connectivity index (χ1v) is 5.82. The summed E-state index contributed by atoms with van der Waals surface area (Å²) >= 11 is 0. The van der Waals surface area contributed by atoms with Crippen molar-refractivity contribution in [1.82, 2.24) is 10.3 Å². The number of nitrogens with zero attached hydrogens (tertiary/aromatic N) is 2. The van der Waals surface area contributed by atoms with Gasteiger partial charge in [0.1, 0.15) is 18.5 Å². The molecule has 0 aliphatic heterocycles. The van der Waals surface area contributed by atoms with Gasteiger partial charge in [-0.1, -0.05) is 5.16 Å². The van der Waals surface area contributed by atoms with Crippen molar-refractivity contribution in [3.8, 4) is 5.75 Å². The summed E-state index contributed by atoms with van der Waals surface area (Å²) in [7, 11) is 1.64. The number of aromatic hydroxyl groups is 1. The minimum atomic E-state index is -1.16. The Balaban J connectivity index is 0.00000361. The van der Waals surface area contributed by atoms with E-state index in [9.17, 15) is 9.50 Å². The first-order chi connectivity index (χ1) is 9.10. The number of halogens is 2. The Bertz CT molecular complexity index is 446. The minimum Gasteiger partial charge on any atom is -0.505 e. The molecular weight excluding hydrogens is 289 g/mol. The maximum absolute atomic E-state index is 13.1. The molecule has 1 atom stereocenters. The number of aryl methyl sites for hydroxylation is 1. The number of rotatable bonds is 7. The fourth-order valence-electron chi connectivity index (χ4n) is 1.42. The summed E-state index contributed by atoms with van der Waals surface area (Å²) < 4.78 is 13.1. The zero-order valence-corrected chi connectivity index (χ0v) is 12.2. The van der Waals surface area contributed by atoms with E-state index in [-0.39, 0.29) is 37.9 Å². The van der Waals surface area contributed by atoms with E-state index in [0.717, 1.165) is 0 Å². The van der Waals surface area contributed by atoms with Crippen LogP contribution in [0.3, 0.4) is 0 Å². The van der Waals surface area contributed by atoms with Crippen molar-refractivity contribution >= 4 is 18.6 Å². The number of aromatic nitrogens is 1. The smallest absolute Gasteiger partial charge is 0.149 e. The highest BCUT2D eigenvalue weighted by Crippen LogP contribution is 2.21. The second-order valence-corrected chi connectivity index (χ2v) is 3.97. The normalized spacial score (nSPS) is 12.2. The number of aliphatic hydroxyl groups is 1. The lowest BCUT2D eigenvalue weighted by Crippen LogP contribution is -2.23. The van der Waals surface area contributed by atoms with Crippen LogP contribution in [0, 0.1) is 6.92 Å². The average molecular weight is 308 g/mol. The van der Waals surface area contributed by atoms with Crippen LogP contribution < -0.4 is 5.32 Å². The number of hydrogen-bond donors (Lipinski definition) is 3. The SMILES string of the molecule is CNCC(F)CON=Cc1c(CO)cnc(C)c1O.Cl. The van der Waals surface area contributed by atoms with Gasteiger partial charge in [0.25, 0.3) is 0 Å². The maximum Gasteiger partial charge on any atom is 0.149 e. The molecule has 1 rings (SSSR count). The number of pyridine rings is 1. The summed E-state index contributed by atoms with van der Waals surface area (Å²) in [6.45, 7) is 1.33. The minimum absolute atomic E-state index is 0. The highest BCUT2D eigenvalue weighted by Gasteiger charge is 2.10. The first kappa shape index (κ1) is 18.6. The Morgan fingerprint density at radius 1 is 1.60 bits per heavy atom. The van der Waals surface area contributed by atoms with Crippen molar-refractivity contribution in [3.63, 3.8) is 0 Å². The summed E-state index contributed by atoms with van der Waals surface area (Å²) in [6, 6.07) is 0. The van der Waals surface area contributed by atoms with Crippen LogP contribution in [0.25, 0.3) is 0 Å². The number of nitrogens with one attached hydrogen (secondary N) is 1. The summed E-state index contributed by atoms with van der Waals surface area (Å²) in [5, 5.41) is 25.2. The molecule has 0 aromatic carbocycles. The van der Waals surface area contributed by atoms with Crippen LogP contribution in [0.15, 0.2) is 11.4 Å².